The molecule has 1 heterocycles. The van der Waals surface area contributed by atoms with Crippen LogP contribution in [0.3, 0.4) is 0 Å². The molecular weight excluding hydrogens is 399 g/mol. The van der Waals surface area contributed by atoms with Gasteiger partial charge in [0.2, 0.25) is 0 Å². The molecule has 2 aromatic carbocycles. The Kier molecular flexibility index (Phi) is 5.54. The van der Waals surface area contributed by atoms with Crippen LogP contribution in [0.2, 0.25) is 0 Å². The number of methoxy groups -OCH3 is 1. The lowest BCUT2D eigenvalue weighted by atomic mass is 9.77. The number of pyridine rings is 1. The van der Waals surface area contributed by atoms with E-state index in [2.05, 4.69) is 5.32 Å². The van der Waals surface area contributed by atoms with Gasteiger partial charge in [0.25, 0.3) is 11.5 Å². The minimum Gasteiger partial charge on any atom is -0.502 e. The smallest absolute Gasteiger partial charge is 0.293 e. The third-order valence-corrected chi connectivity index (χ3v) is 6.40. The first kappa shape index (κ1) is 21.1. The van der Waals surface area contributed by atoms with Gasteiger partial charge in [0, 0.05) is 25.6 Å². The van der Waals surface area contributed by atoms with Crippen LogP contribution in [-0.2, 0) is 17.4 Å². The molecule has 3 aromatic rings. The third kappa shape index (κ3) is 3.70. The number of carbonyl (C=O) groups excluding carboxylic acids is 1. The Hall–Kier alpha value is -3.19. The molecule has 0 radical (unpaired) electrons. The molecule has 1 saturated carbocycles. The predicted octanol–water partition coefficient (Wildman–Crippen LogP) is 3.60. The standard InChI is InChI=1S/C24H25FN2O4/c1-27-19-6-4-3-5-18(19)20(21(28)23(27)30)22(29)26-17-11-13-24(31-2,14-12-17)15-7-9-16(25)10-8-15/h3-10,17,28H,11-14H2,1-2H3,(H,26,29)/t17-,24-. The van der Waals surface area contributed by atoms with Crippen LogP contribution in [-0.4, -0.2) is 28.7 Å². The molecule has 0 unspecified atom stereocenters. The lowest BCUT2D eigenvalue weighted by molar-refractivity contribution is -0.0495. The number of fused-ring (bicyclic) bond motifs is 1. The van der Waals surface area contributed by atoms with Crippen LogP contribution in [0.5, 0.6) is 5.75 Å². The van der Waals surface area contributed by atoms with Crippen molar-refractivity contribution in [3.63, 3.8) is 0 Å². The molecule has 0 bridgehead atoms. The SMILES string of the molecule is CO[C@]1(c2ccc(F)cc2)CC[C@@H](NC(=O)c2c(O)c(=O)n(C)c3ccccc23)CC1. The predicted molar refractivity (Wildman–Crippen MR) is 116 cm³/mol. The molecule has 6 nitrogen and oxygen atoms in total. The number of benzene rings is 2. The molecule has 0 saturated heterocycles. The van der Waals surface area contributed by atoms with Crippen molar-refractivity contribution in [3.05, 3.63) is 75.8 Å². The summed E-state index contributed by atoms with van der Waals surface area (Å²) in [6, 6.07) is 13.2. The Labute approximate surface area is 179 Å². The highest BCUT2D eigenvalue weighted by molar-refractivity contribution is 6.08. The first-order chi connectivity index (χ1) is 14.9. The zero-order chi connectivity index (χ0) is 22.2. The second kappa shape index (κ2) is 8.15. The van der Waals surface area contributed by atoms with Gasteiger partial charge in [0.15, 0.2) is 5.75 Å². The molecule has 0 aliphatic heterocycles. The number of hydrogen-bond donors (Lipinski definition) is 2. The van der Waals surface area contributed by atoms with Crippen molar-refractivity contribution in [1.82, 2.24) is 9.88 Å². The number of aromatic nitrogens is 1. The van der Waals surface area contributed by atoms with Gasteiger partial charge in [-0.15, -0.1) is 0 Å². The largest absolute Gasteiger partial charge is 0.502 e. The van der Waals surface area contributed by atoms with E-state index >= 15 is 0 Å². The van der Waals surface area contributed by atoms with Crippen molar-refractivity contribution in [1.29, 1.82) is 0 Å². The Morgan fingerprint density at radius 2 is 1.81 bits per heavy atom. The van der Waals surface area contributed by atoms with Gasteiger partial charge in [-0.3, -0.25) is 9.59 Å². The second-order valence-electron chi connectivity index (χ2n) is 8.06. The van der Waals surface area contributed by atoms with Gasteiger partial charge < -0.3 is 19.7 Å². The van der Waals surface area contributed by atoms with E-state index < -0.39 is 22.8 Å². The molecule has 1 aliphatic carbocycles. The molecule has 4 rings (SSSR count). The highest BCUT2D eigenvalue weighted by Crippen LogP contribution is 2.40. The van der Waals surface area contributed by atoms with Crippen LogP contribution < -0.4 is 10.9 Å². The number of aromatic hydroxyl groups is 1. The number of halogens is 1. The van der Waals surface area contributed by atoms with Crippen molar-refractivity contribution < 1.29 is 19.0 Å². The molecule has 1 amide bonds. The number of amides is 1. The van der Waals surface area contributed by atoms with Crippen LogP contribution in [0.25, 0.3) is 10.9 Å². The first-order valence-corrected chi connectivity index (χ1v) is 10.3. The molecule has 1 aliphatic rings. The molecule has 1 aromatic heterocycles. The molecule has 0 spiro atoms. The van der Waals surface area contributed by atoms with Crippen LogP contribution in [0.4, 0.5) is 4.39 Å². The first-order valence-electron chi connectivity index (χ1n) is 10.3. The monoisotopic (exact) mass is 424 g/mol. The lowest BCUT2D eigenvalue weighted by Crippen LogP contribution is -2.43. The Morgan fingerprint density at radius 1 is 1.16 bits per heavy atom. The highest BCUT2D eigenvalue weighted by Gasteiger charge is 2.37. The summed E-state index contributed by atoms with van der Waals surface area (Å²) in [5, 5.41) is 13.9. The number of rotatable bonds is 4. The Morgan fingerprint density at radius 3 is 2.45 bits per heavy atom. The van der Waals surface area contributed by atoms with Crippen LogP contribution in [0.1, 0.15) is 41.6 Å². The normalized spacial score (nSPS) is 21.2. The molecule has 2 N–H and O–H groups in total. The van der Waals surface area contributed by atoms with Crippen molar-refractivity contribution in [2.75, 3.05) is 7.11 Å². The number of nitrogens with zero attached hydrogens (tertiary/aromatic N) is 1. The number of hydrogen-bond acceptors (Lipinski definition) is 4. The molecule has 162 valence electrons. The summed E-state index contributed by atoms with van der Waals surface area (Å²) in [5.41, 5.74) is 0.361. The van der Waals surface area contributed by atoms with Gasteiger partial charge in [-0.05, 0) is 49.4 Å². The quantitative estimate of drug-likeness (QED) is 0.671. The van der Waals surface area contributed by atoms with E-state index in [1.165, 1.54) is 16.7 Å². The average Bonchev–Trinajstić information content (AvgIpc) is 2.79. The Balaban J connectivity index is 1.55. The fraction of sp³-hybridized carbons (Fsp3) is 0.333. The van der Waals surface area contributed by atoms with E-state index in [9.17, 15) is 19.1 Å². The minimum atomic E-state index is -0.609. The van der Waals surface area contributed by atoms with Gasteiger partial charge in [-0.2, -0.15) is 0 Å². The van der Waals surface area contributed by atoms with Gasteiger partial charge in [0.05, 0.1) is 16.7 Å². The van der Waals surface area contributed by atoms with Gasteiger partial charge in [-0.25, -0.2) is 4.39 Å². The fourth-order valence-electron chi connectivity index (χ4n) is 4.56. The maximum Gasteiger partial charge on any atom is 0.293 e. The van der Waals surface area contributed by atoms with E-state index in [0.717, 1.165) is 5.56 Å². The summed E-state index contributed by atoms with van der Waals surface area (Å²) in [4.78, 5) is 25.5. The maximum atomic E-state index is 13.3. The van der Waals surface area contributed by atoms with E-state index in [0.29, 0.717) is 36.6 Å². The summed E-state index contributed by atoms with van der Waals surface area (Å²) in [6.07, 6.45) is 2.62. The van der Waals surface area contributed by atoms with Crippen molar-refractivity contribution in [3.8, 4) is 5.75 Å². The second-order valence-corrected chi connectivity index (χ2v) is 8.06. The van der Waals surface area contributed by atoms with E-state index in [4.69, 9.17) is 4.74 Å². The van der Waals surface area contributed by atoms with Crippen LogP contribution in [0.15, 0.2) is 53.3 Å². The topological polar surface area (TPSA) is 80.6 Å². The summed E-state index contributed by atoms with van der Waals surface area (Å²) < 4.78 is 20.5. The summed E-state index contributed by atoms with van der Waals surface area (Å²) in [7, 11) is 3.21. The molecule has 0 atom stereocenters. The van der Waals surface area contributed by atoms with Crippen LogP contribution >= 0.6 is 0 Å². The number of para-hydroxylation sites is 1. The molecular formula is C24H25FN2O4. The van der Waals surface area contributed by atoms with Crippen molar-refractivity contribution in [2.45, 2.75) is 37.3 Å². The maximum absolute atomic E-state index is 13.3. The van der Waals surface area contributed by atoms with E-state index in [-0.39, 0.29) is 17.4 Å². The third-order valence-electron chi connectivity index (χ3n) is 6.40. The number of ether oxygens (including phenoxy) is 1. The van der Waals surface area contributed by atoms with Gasteiger partial charge in [0.1, 0.15) is 5.82 Å². The zero-order valence-corrected chi connectivity index (χ0v) is 17.5. The van der Waals surface area contributed by atoms with Crippen molar-refractivity contribution >= 4 is 16.8 Å². The summed E-state index contributed by atoms with van der Waals surface area (Å²) >= 11 is 0. The number of carbonyl (C=O) groups is 1. The summed E-state index contributed by atoms with van der Waals surface area (Å²) in [6.45, 7) is 0. The van der Waals surface area contributed by atoms with E-state index in [1.54, 1.807) is 50.6 Å². The Bertz CT molecular complexity index is 1180. The van der Waals surface area contributed by atoms with Crippen LogP contribution in [0, 0.1) is 5.82 Å². The van der Waals surface area contributed by atoms with Crippen molar-refractivity contribution in [2.24, 2.45) is 7.05 Å². The molecule has 7 heteroatoms. The zero-order valence-electron chi connectivity index (χ0n) is 17.5. The number of nitrogens with one attached hydrogen (secondary N) is 1. The van der Waals surface area contributed by atoms with E-state index in [1.807, 2.05) is 0 Å². The minimum absolute atomic E-state index is 0.000753. The molecule has 1 fully saturated rings. The molecule has 31 heavy (non-hydrogen) atoms. The summed E-state index contributed by atoms with van der Waals surface area (Å²) in [5.74, 6) is -1.31. The van der Waals surface area contributed by atoms with Gasteiger partial charge in [-0.1, -0.05) is 30.3 Å². The number of aryl methyl sites for hydroxylation is 1. The fourth-order valence-corrected chi connectivity index (χ4v) is 4.56. The average molecular weight is 424 g/mol. The lowest BCUT2D eigenvalue weighted by Gasteiger charge is -2.39. The van der Waals surface area contributed by atoms with Gasteiger partial charge >= 0.3 is 0 Å². The highest BCUT2D eigenvalue weighted by atomic mass is 19.1.